The molecule has 1 aromatic rings. The van der Waals surface area contributed by atoms with Crippen LogP contribution in [0.2, 0.25) is 0 Å². The third kappa shape index (κ3) is 2.16. The molecule has 0 amide bonds. The quantitative estimate of drug-likeness (QED) is 0.455. The van der Waals surface area contributed by atoms with Crippen molar-refractivity contribution in [2.75, 3.05) is 23.7 Å². The second-order valence-electron chi connectivity index (χ2n) is 4.34. The number of nitrogens with zero attached hydrogens (tertiary/aromatic N) is 2. The Hall–Kier alpha value is -1.82. The van der Waals surface area contributed by atoms with Gasteiger partial charge >= 0.3 is 0 Å². The first-order valence-electron chi connectivity index (χ1n) is 5.46. The average Bonchev–Trinajstić information content (AvgIpc) is 2.68. The van der Waals surface area contributed by atoms with Crippen molar-refractivity contribution in [2.45, 2.75) is 19.4 Å². The molecule has 1 aliphatic rings. The second kappa shape index (κ2) is 4.21. The lowest BCUT2D eigenvalue weighted by Gasteiger charge is -2.18. The zero-order valence-corrected chi connectivity index (χ0v) is 9.59. The van der Waals surface area contributed by atoms with Crippen LogP contribution in [-0.4, -0.2) is 29.2 Å². The highest BCUT2D eigenvalue weighted by Gasteiger charge is 2.27. The van der Waals surface area contributed by atoms with E-state index in [1.54, 1.807) is 6.07 Å². The zero-order chi connectivity index (χ0) is 12.6. The number of aryl methyl sites for hydroxylation is 1. The fourth-order valence-corrected chi connectivity index (χ4v) is 2.06. The van der Waals surface area contributed by atoms with Gasteiger partial charge in [-0.1, -0.05) is 0 Å². The molecule has 3 N–H and O–H groups in total. The molecule has 1 aromatic carbocycles. The van der Waals surface area contributed by atoms with Crippen LogP contribution in [0.4, 0.5) is 17.1 Å². The summed E-state index contributed by atoms with van der Waals surface area (Å²) in [6, 6.07) is 3.10. The van der Waals surface area contributed by atoms with E-state index in [-0.39, 0.29) is 5.69 Å². The molecular formula is C11H15N3O3. The maximum absolute atomic E-state index is 11.0. The molecule has 92 valence electrons. The van der Waals surface area contributed by atoms with Crippen molar-refractivity contribution in [2.24, 2.45) is 0 Å². The highest BCUT2D eigenvalue weighted by atomic mass is 16.6. The number of benzene rings is 1. The molecule has 0 radical (unpaired) electrons. The molecule has 17 heavy (non-hydrogen) atoms. The van der Waals surface area contributed by atoms with Crippen LogP contribution >= 0.6 is 0 Å². The summed E-state index contributed by atoms with van der Waals surface area (Å²) >= 11 is 0. The molecule has 1 atom stereocenters. The lowest BCUT2D eigenvalue weighted by atomic mass is 10.1. The molecule has 6 nitrogen and oxygen atoms in total. The van der Waals surface area contributed by atoms with Gasteiger partial charge in [0.05, 0.1) is 11.0 Å². The lowest BCUT2D eigenvalue weighted by molar-refractivity contribution is -0.384. The molecule has 0 aliphatic carbocycles. The Balaban J connectivity index is 2.44. The Bertz CT molecular complexity index is 462. The molecule has 0 spiro atoms. The first kappa shape index (κ1) is 11.7. The van der Waals surface area contributed by atoms with Gasteiger partial charge in [-0.3, -0.25) is 10.1 Å². The van der Waals surface area contributed by atoms with Gasteiger partial charge in [-0.2, -0.15) is 0 Å². The molecule has 2 rings (SSSR count). The molecular weight excluding hydrogens is 222 g/mol. The summed E-state index contributed by atoms with van der Waals surface area (Å²) < 4.78 is 0. The van der Waals surface area contributed by atoms with E-state index >= 15 is 0 Å². The van der Waals surface area contributed by atoms with Gasteiger partial charge in [0, 0.05) is 24.8 Å². The van der Waals surface area contributed by atoms with E-state index in [1.165, 1.54) is 6.07 Å². The molecule has 1 unspecified atom stereocenters. The SMILES string of the molecule is Cc1cc(N2CCC(O)C2)c([N+](=O)[O-])cc1N. The predicted octanol–water partition coefficient (Wildman–Crippen LogP) is 1.06. The van der Waals surface area contributed by atoms with E-state index < -0.39 is 11.0 Å². The smallest absolute Gasteiger partial charge is 0.294 e. The molecule has 0 saturated carbocycles. The first-order chi connectivity index (χ1) is 7.99. The van der Waals surface area contributed by atoms with E-state index in [0.717, 1.165) is 5.56 Å². The largest absolute Gasteiger partial charge is 0.398 e. The van der Waals surface area contributed by atoms with Crippen LogP contribution in [-0.2, 0) is 0 Å². The maximum atomic E-state index is 11.0. The molecule has 0 aromatic heterocycles. The number of hydrogen-bond acceptors (Lipinski definition) is 5. The van der Waals surface area contributed by atoms with Crippen molar-refractivity contribution in [3.63, 3.8) is 0 Å². The van der Waals surface area contributed by atoms with E-state index in [4.69, 9.17) is 5.73 Å². The minimum absolute atomic E-state index is 0.00204. The van der Waals surface area contributed by atoms with Gasteiger partial charge in [-0.15, -0.1) is 0 Å². The summed E-state index contributed by atoms with van der Waals surface area (Å²) in [7, 11) is 0. The fourth-order valence-electron chi connectivity index (χ4n) is 2.06. The van der Waals surface area contributed by atoms with Gasteiger partial charge < -0.3 is 15.7 Å². The molecule has 1 saturated heterocycles. The van der Waals surface area contributed by atoms with E-state index in [2.05, 4.69) is 0 Å². The highest BCUT2D eigenvalue weighted by molar-refractivity contribution is 5.71. The van der Waals surface area contributed by atoms with Gasteiger partial charge in [0.1, 0.15) is 5.69 Å². The van der Waals surface area contributed by atoms with Crippen LogP contribution in [0, 0.1) is 17.0 Å². The summed E-state index contributed by atoms with van der Waals surface area (Å²) in [5, 5.41) is 20.5. The Morgan fingerprint density at radius 1 is 1.59 bits per heavy atom. The lowest BCUT2D eigenvalue weighted by Crippen LogP contribution is -2.22. The summed E-state index contributed by atoms with van der Waals surface area (Å²) in [6.45, 7) is 2.88. The Kier molecular flexibility index (Phi) is 2.89. The third-order valence-corrected chi connectivity index (χ3v) is 3.06. The van der Waals surface area contributed by atoms with Crippen molar-refractivity contribution < 1.29 is 10.0 Å². The molecule has 1 aliphatic heterocycles. The number of nitro benzene ring substituents is 1. The summed E-state index contributed by atoms with van der Waals surface area (Å²) in [6.07, 6.45) is 0.230. The minimum Gasteiger partial charge on any atom is -0.398 e. The number of rotatable bonds is 2. The van der Waals surface area contributed by atoms with Crippen LogP contribution < -0.4 is 10.6 Å². The molecule has 6 heteroatoms. The fraction of sp³-hybridized carbons (Fsp3) is 0.455. The first-order valence-corrected chi connectivity index (χ1v) is 5.46. The topological polar surface area (TPSA) is 92.6 Å². The van der Waals surface area contributed by atoms with Crippen molar-refractivity contribution in [3.8, 4) is 0 Å². The van der Waals surface area contributed by atoms with Gasteiger partial charge in [0.15, 0.2) is 0 Å². The predicted molar refractivity (Wildman–Crippen MR) is 65.1 cm³/mol. The summed E-state index contributed by atoms with van der Waals surface area (Å²) in [5.41, 5.74) is 7.45. The number of anilines is 2. The van der Waals surface area contributed by atoms with E-state index in [1.807, 2.05) is 11.8 Å². The number of β-amino-alcohol motifs (C(OH)–C–C–N with tert-alkyl or cyclic N) is 1. The Labute approximate surface area is 98.8 Å². The number of aliphatic hydroxyl groups is 1. The highest BCUT2D eigenvalue weighted by Crippen LogP contribution is 2.34. The van der Waals surface area contributed by atoms with Crippen molar-refractivity contribution >= 4 is 17.1 Å². The van der Waals surface area contributed by atoms with Crippen LogP contribution in [0.5, 0.6) is 0 Å². The number of nitro groups is 1. The van der Waals surface area contributed by atoms with E-state index in [9.17, 15) is 15.2 Å². The standard InChI is InChI=1S/C11H15N3O3/c1-7-4-10(13-3-2-8(15)6-13)11(14(16)17)5-9(7)12/h4-5,8,15H,2-3,6,12H2,1H3. The van der Waals surface area contributed by atoms with Crippen LogP contribution in [0.1, 0.15) is 12.0 Å². The van der Waals surface area contributed by atoms with Crippen molar-refractivity contribution in [3.05, 3.63) is 27.8 Å². The van der Waals surface area contributed by atoms with Gasteiger partial charge in [0.25, 0.3) is 5.69 Å². The number of nitrogen functional groups attached to an aromatic ring is 1. The number of hydrogen-bond donors (Lipinski definition) is 2. The van der Waals surface area contributed by atoms with Crippen LogP contribution in [0.15, 0.2) is 12.1 Å². The Morgan fingerprint density at radius 3 is 2.82 bits per heavy atom. The normalized spacial score (nSPS) is 19.6. The minimum atomic E-state index is -0.435. The van der Waals surface area contributed by atoms with Gasteiger partial charge in [-0.25, -0.2) is 0 Å². The summed E-state index contributed by atoms with van der Waals surface area (Å²) in [5.74, 6) is 0. The summed E-state index contributed by atoms with van der Waals surface area (Å²) in [4.78, 5) is 12.4. The monoisotopic (exact) mass is 237 g/mol. The molecule has 1 fully saturated rings. The van der Waals surface area contributed by atoms with Crippen molar-refractivity contribution in [1.29, 1.82) is 0 Å². The second-order valence-corrected chi connectivity index (χ2v) is 4.34. The van der Waals surface area contributed by atoms with Crippen molar-refractivity contribution in [1.82, 2.24) is 0 Å². The van der Waals surface area contributed by atoms with Crippen LogP contribution in [0.25, 0.3) is 0 Å². The van der Waals surface area contributed by atoms with Gasteiger partial charge in [-0.05, 0) is 25.0 Å². The number of aliphatic hydroxyl groups excluding tert-OH is 1. The number of nitrogens with two attached hydrogens (primary N) is 1. The molecule has 0 bridgehead atoms. The third-order valence-electron chi connectivity index (χ3n) is 3.06. The average molecular weight is 237 g/mol. The maximum Gasteiger partial charge on any atom is 0.294 e. The van der Waals surface area contributed by atoms with Gasteiger partial charge in [0.2, 0.25) is 0 Å². The van der Waals surface area contributed by atoms with Crippen LogP contribution in [0.3, 0.4) is 0 Å². The molecule has 1 heterocycles. The zero-order valence-electron chi connectivity index (χ0n) is 9.59. The Morgan fingerprint density at radius 2 is 2.29 bits per heavy atom. The van der Waals surface area contributed by atoms with E-state index in [0.29, 0.717) is 30.9 Å².